The highest BCUT2D eigenvalue weighted by Crippen LogP contribution is 2.35. The Kier molecular flexibility index (Phi) is 4.98. The van der Waals surface area contributed by atoms with Gasteiger partial charge >= 0.3 is 0 Å². The van der Waals surface area contributed by atoms with E-state index in [1.54, 1.807) is 36.5 Å². The van der Waals surface area contributed by atoms with Gasteiger partial charge < -0.3 is 14.6 Å². The third-order valence-corrected chi connectivity index (χ3v) is 4.69. The van der Waals surface area contributed by atoms with Crippen molar-refractivity contribution in [1.82, 2.24) is 24.3 Å². The van der Waals surface area contributed by atoms with E-state index in [4.69, 9.17) is 19.7 Å². The second-order valence-corrected chi connectivity index (χ2v) is 6.63. The van der Waals surface area contributed by atoms with Gasteiger partial charge in [0.25, 0.3) is 5.88 Å². The van der Waals surface area contributed by atoms with E-state index in [1.807, 2.05) is 32.0 Å². The van der Waals surface area contributed by atoms with Crippen molar-refractivity contribution < 1.29 is 14.6 Å². The Morgan fingerprint density at radius 1 is 1.23 bits per heavy atom. The van der Waals surface area contributed by atoms with Crippen LogP contribution in [0.2, 0.25) is 0 Å². The van der Waals surface area contributed by atoms with E-state index in [9.17, 15) is 5.11 Å². The van der Waals surface area contributed by atoms with Crippen LogP contribution in [0.3, 0.4) is 0 Å². The van der Waals surface area contributed by atoms with Crippen LogP contribution in [0.4, 0.5) is 0 Å². The summed E-state index contributed by atoms with van der Waals surface area (Å²) >= 11 is 0. The van der Waals surface area contributed by atoms with Crippen molar-refractivity contribution >= 4 is 10.9 Å². The van der Waals surface area contributed by atoms with Crippen LogP contribution >= 0.6 is 0 Å². The summed E-state index contributed by atoms with van der Waals surface area (Å²) in [6.07, 6.45) is 6.71. The molecular formula is C21H20N6O3. The Hall–Kier alpha value is -4.06. The molecule has 0 radical (unpaired) electrons. The Labute approximate surface area is 172 Å². The fourth-order valence-electron chi connectivity index (χ4n) is 3.33. The lowest BCUT2D eigenvalue weighted by Gasteiger charge is -2.10. The molecule has 0 aromatic carbocycles. The number of aromatic nitrogens is 5. The standard InChI is InChI=1S/C21H20N6O3/c1-4-30-20-18(29-3)8-14(9-23-20)16-7-13(2)19-17(25-16)12-27(21(19)28)15-10-24-26(11-15)6-5-22/h7-12,28H,4,6H2,1-3H3. The quantitative estimate of drug-likeness (QED) is 0.525. The number of fused-ring (bicyclic) bond motifs is 1. The van der Waals surface area contributed by atoms with Gasteiger partial charge in [0, 0.05) is 18.0 Å². The second kappa shape index (κ2) is 7.75. The molecule has 0 saturated carbocycles. The first-order valence-corrected chi connectivity index (χ1v) is 9.34. The lowest BCUT2D eigenvalue weighted by molar-refractivity contribution is 0.298. The number of aromatic hydroxyl groups is 1. The van der Waals surface area contributed by atoms with Crippen molar-refractivity contribution in [1.29, 1.82) is 5.26 Å². The summed E-state index contributed by atoms with van der Waals surface area (Å²) in [5, 5.41) is 24.4. The van der Waals surface area contributed by atoms with Crippen molar-refractivity contribution in [2.45, 2.75) is 20.4 Å². The molecule has 4 heterocycles. The monoisotopic (exact) mass is 404 g/mol. The van der Waals surface area contributed by atoms with Crippen LogP contribution < -0.4 is 9.47 Å². The molecule has 0 saturated heterocycles. The molecule has 4 rings (SSSR count). The number of nitrogens with zero attached hydrogens (tertiary/aromatic N) is 6. The summed E-state index contributed by atoms with van der Waals surface area (Å²) < 4.78 is 14.0. The number of pyridine rings is 2. The molecule has 152 valence electrons. The van der Waals surface area contributed by atoms with Gasteiger partial charge in [-0.1, -0.05) is 0 Å². The summed E-state index contributed by atoms with van der Waals surface area (Å²) in [6.45, 7) is 4.42. The number of ether oxygens (including phenoxy) is 2. The molecule has 4 aromatic rings. The maximum Gasteiger partial charge on any atom is 0.256 e. The maximum atomic E-state index is 10.8. The number of hydrogen-bond donors (Lipinski definition) is 1. The highest BCUT2D eigenvalue weighted by Gasteiger charge is 2.17. The van der Waals surface area contributed by atoms with Crippen LogP contribution in [-0.4, -0.2) is 43.1 Å². The minimum atomic E-state index is 0.0699. The molecule has 0 bridgehead atoms. The average Bonchev–Trinajstić information content (AvgIpc) is 3.33. The van der Waals surface area contributed by atoms with Crippen molar-refractivity contribution in [2.24, 2.45) is 0 Å². The van der Waals surface area contributed by atoms with Crippen molar-refractivity contribution in [2.75, 3.05) is 13.7 Å². The highest BCUT2D eigenvalue weighted by molar-refractivity contribution is 5.90. The van der Waals surface area contributed by atoms with Gasteiger partial charge in [-0.25, -0.2) is 9.97 Å². The summed E-state index contributed by atoms with van der Waals surface area (Å²) in [4.78, 5) is 9.05. The molecular weight excluding hydrogens is 384 g/mol. The van der Waals surface area contributed by atoms with E-state index in [0.29, 0.717) is 40.5 Å². The van der Waals surface area contributed by atoms with Crippen LogP contribution in [-0.2, 0) is 6.54 Å². The fourth-order valence-corrected chi connectivity index (χ4v) is 3.33. The number of nitriles is 1. The van der Waals surface area contributed by atoms with E-state index < -0.39 is 0 Å². The average molecular weight is 404 g/mol. The summed E-state index contributed by atoms with van der Waals surface area (Å²) in [6, 6.07) is 5.76. The van der Waals surface area contributed by atoms with Crippen LogP contribution in [0.5, 0.6) is 17.5 Å². The first-order chi connectivity index (χ1) is 14.5. The van der Waals surface area contributed by atoms with Gasteiger partial charge in [-0.15, -0.1) is 0 Å². The molecule has 0 atom stereocenters. The second-order valence-electron chi connectivity index (χ2n) is 6.63. The maximum absolute atomic E-state index is 10.8. The number of hydrogen-bond acceptors (Lipinski definition) is 7. The minimum Gasteiger partial charge on any atom is -0.494 e. The third kappa shape index (κ3) is 3.28. The number of methoxy groups -OCH3 is 1. The van der Waals surface area contributed by atoms with Crippen LogP contribution in [0, 0.1) is 18.3 Å². The number of rotatable bonds is 6. The Morgan fingerprint density at radius 3 is 2.80 bits per heavy atom. The lowest BCUT2D eigenvalue weighted by Crippen LogP contribution is -1.98. The molecule has 0 spiro atoms. The van der Waals surface area contributed by atoms with E-state index in [2.05, 4.69) is 10.1 Å². The van der Waals surface area contributed by atoms with Gasteiger partial charge in [0.05, 0.1) is 54.5 Å². The Bertz CT molecular complexity index is 1270. The van der Waals surface area contributed by atoms with Crippen LogP contribution in [0.25, 0.3) is 27.8 Å². The first-order valence-electron chi connectivity index (χ1n) is 9.34. The normalized spacial score (nSPS) is 10.9. The summed E-state index contributed by atoms with van der Waals surface area (Å²) in [5.74, 6) is 1.03. The van der Waals surface area contributed by atoms with Crippen LogP contribution in [0.1, 0.15) is 12.5 Å². The van der Waals surface area contributed by atoms with Gasteiger partial charge in [0.15, 0.2) is 5.75 Å². The zero-order chi connectivity index (χ0) is 21.3. The molecule has 30 heavy (non-hydrogen) atoms. The van der Waals surface area contributed by atoms with Crippen LogP contribution in [0.15, 0.2) is 36.9 Å². The van der Waals surface area contributed by atoms with Crippen molar-refractivity contribution in [3.05, 3.63) is 42.5 Å². The topological polar surface area (TPSA) is 111 Å². The Morgan fingerprint density at radius 2 is 2.07 bits per heavy atom. The van der Waals surface area contributed by atoms with E-state index >= 15 is 0 Å². The molecule has 9 nitrogen and oxygen atoms in total. The minimum absolute atomic E-state index is 0.0699. The highest BCUT2D eigenvalue weighted by atomic mass is 16.5. The van der Waals surface area contributed by atoms with E-state index in [1.165, 1.54) is 4.68 Å². The Balaban J connectivity index is 1.80. The fraction of sp³-hybridized carbons (Fsp3) is 0.238. The molecule has 1 N–H and O–H groups in total. The SMILES string of the molecule is CCOc1ncc(-c2cc(C)c3c(O)n(-c4cnn(CC#N)c4)cc3n2)cc1OC. The predicted octanol–water partition coefficient (Wildman–Crippen LogP) is 3.23. The van der Waals surface area contributed by atoms with Gasteiger partial charge in [-0.2, -0.15) is 10.4 Å². The van der Waals surface area contributed by atoms with Gasteiger partial charge in [0.2, 0.25) is 5.88 Å². The molecule has 0 aliphatic rings. The smallest absolute Gasteiger partial charge is 0.256 e. The summed E-state index contributed by atoms with van der Waals surface area (Å²) in [5.41, 5.74) is 3.61. The first kappa shape index (κ1) is 19.3. The third-order valence-electron chi connectivity index (χ3n) is 4.69. The summed E-state index contributed by atoms with van der Waals surface area (Å²) in [7, 11) is 1.57. The van der Waals surface area contributed by atoms with Gasteiger partial charge in [-0.3, -0.25) is 9.25 Å². The molecule has 0 unspecified atom stereocenters. The number of aryl methyl sites for hydroxylation is 1. The van der Waals surface area contributed by atoms with Gasteiger partial charge in [0.1, 0.15) is 6.54 Å². The van der Waals surface area contributed by atoms with Crippen molar-refractivity contribution in [3.8, 4) is 40.5 Å². The van der Waals surface area contributed by atoms with E-state index in [0.717, 1.165) is 11.1 Å². The van der Waals surface area contributed by atoms with Crippen molar-refractivity contribution in [3.63, 3.8) is 0 Å². The van der Waals surface area contributed by atoms with Gasteiger partial charge in [-0.05, 0) is 31.5 Å². The van der Waals surface area contributed by atoms with E-state index in [-0.39, 0.29) is 12.4 Å². The molecule has 4 aromatic heterocycles. The molecule has 0 aliphatic heterocycles. The molecule has 0 amide bonds. The molecule has 9 heteroatoms. The molecule has 0 aliphatic carbocycles. The largest absolute Gasteiger partial charge is 0.494 e. The zero-order valence-corrected chi connectivity index (χ0v) is 16.8. The molecule has 0 fully saturated rings. The zero-order valence-electron chi connectivity index (χ0n) is 16.8. The predicted molar refractivity (Wildman–Crippen MR) is 110 cm³/mol. The lowest BCUT2D eigenvalue weighted by atomic mass is 10.1.